The number of fused-ring (bicyclic) bond motifs is 1. The summed E-state index contributed by atoms with van der Waals surface area (Å²) in [5, 5.41) is 13.4. The fourth-order valence-corrected chi connectivity index (χ4v) is 6.72. The lowest BCUT2D eigenvalue weighted by Gasteiger charge is -2.34. The Kier molecular flexibility index (Phi) is 10.6. The first kappa shape index (κ1) is 35.7. The van der Waals surface area contributed by atoms with Crippen molar-refractivity contribution >= 4 is 83.2 Å². The van der Waals surface area contributed by atoms with Crippen molar-refractivity contribution in [3.05, 3.63) is 47.7 Å². The maximum absolute atomic E-state index is 12.2. The van der Waals surface area contributed by atoms with Crippen LogP contribution in [0.5, 0.6) is 5.75 Å². The Labute approximate surface area is 285 Å². The molecule has 0 atom stereocenters. The zero-order chi connectivity index (χ0) is 35.5. The summed E-state index contributed by atoms with van der Waals surface area (Å²) in [5.74, 6) is 0.175. The lowest BCUT2D eigenvalue weighted by molar-refractivity contribution is -0.114. The molecule has 1 aliphatic rings. The molecule has 0 radical (unpaired) electrons. The highest BCUT2D eigenvalue weighted by atomic mass is 35.5. The first-order valence-corrected chi connectivity index (χ1v) is 17.7. The lowest BCUT2D eigenvalue weighted by atomic mass is 10.1. The molecule has 1 amide bonds. The number of methoxy groups -OCH3 is 1. The van der Waals surface area contributed by atoms with Crippen molar-refractivity contribution in [1.29, 1.82) is 0 Å². The highest BCUT2D eigenvalue weighted by Crippen LogP contribution is 2.40. The molecule has 0 saturated carbocycles. The number of aromatic nitrogens is 3. The number of benzene rings is 3. The quantitative estimate of drug-likeness (QED) is 0.109. The molecule has 21 heteroatoms. The molecule has 6 N–H and O–H groups in total. The zero-order valence-electron chi connectivity index (χ0n) is 26.0. The molecule has 0 spiro atoms. The van der Waals surface area contributed by atoms with Crippen LogP contribution in [0.2, 0.25) is 5.28 Å². The molecule has 2 heterocycles. The van der Waals surface area contributed by atoms with Crippen LogP contribution in [-0.4, -0.2) is 98.1 Å². The smallest absolute Gasteiger partial charge is 0.295 e. The van der Waals surface area contributed by atoms with Crippen LogP contribution < -0.4 is 26.0 Å². The van der Waals surface area contributed by atoms with Gasteiger partial charge in [0.2, 0.25) is 23.1 Å². The van der Waals surface area contributed by atoms with Gasteiger partial charge in [0.05, 0.1) is 24.2 Å². The number of carbonyl (C=O) groups is 1. The van der Waals surface area contributed by atoms with Crippen molar-refractivity contribution in [2.45, 2.75) is 16.7 Å². The Bertz CT molecular complexity index is 2160. The molecule has 1 aliphatic heterocycles. The fourth-order valence-electron chi connectivity index (χ4n) is 5.14. The Morgan fingerprint density at radius 2 is 1.67 bits per heavy atom. The van der Waals surface area contributed by atoms with Crippen molar-refractivity contribution in [1.82, 2.24) is 19.9 Å². The van der Waals surface area contributed by atoms with Crippen LogP contribution in [0, 0.1) is 0 Å². The number of nitrogens with two attached hydrogens (primary N) is 1. The van der Waals surface area contributed by atoms with Gasteiger partial charge in [0.1, 0.15) is 21.2 Å². The molecule has 1 aromatic heterocycles. The summed E-state index contributed by atoms with van der Waals surface area (Å²) >= 11 is 6.25. The van der Waals surface area contributed by atoms with E-state index in [1.807, 2.05) is 4.90 Å². The van der Waals surface area contributed by atoms with E-state index in [-0.39, 0.29) is 44.8 Å². The second-order valence-electron chi connectivity index (χ2n) is 10.7. The first-order chi connectivity index (χ1) is 23.2. The minimum atomic E-state index is -4.88. The van der Waals surface area contributed by atoms with Gasteiger partial charge in [-0.1, -0.05) is 12.1 Å². The summed E-state index contributed by atoms with van der Waals surface area (Å²) in [6.45, 7) is 5.45. The maximum Gasteiger partial charge on any atom is 0.295 e. The summed E-state index contributed by atoms with van der Waals surface area (Å²) < 4.78 is 73.7. The van der Waals surface area contributed by atoms with E-state index in [1.165, 1.54) is 44.4 Å². The number of azo groups is 1. The lowest BCUT2D eigenvalue weighted by Crippen LogP contribution is -2.48. The SMILES string of the molecule is COc1cc(N=Nc2cc(S(=O)(=O)O)c3cccc(S(=O)(=O)O)c3c2)c(NC(C)=O)cc1Nc1nc(Cl)nc(N2CCN(CCN)CC2)n1. The number of hydrogen-bond acceptors (Lipinski definition) is 15. The molecule has 0 bridgehead atoms. The Morgan fingerprint density at radius 3 is 2.31 bits per heavy atom. The summed E-state index contributed by atoms with van der Waals surface area (Å²) in [6.07, 6.45) is 0. The average molecular weight is 735 g/mol. The number of rotatable bonds is 11. The molecule has 1 saturated heterocycles. The van der Waals surface area contributed by atoms with Crippen LogP contribution in [0.25, 0.3) is 10.8 Å². The van der Waals surface area contributed by atoms with Gasteiger partial charge in [-0.3, -0.25) is 18.8 Å². The first-order valence-electron chi connectivity index (χ1n) is 14.5. The van der Waals surface area contributed by atoms with Crippen LogP contribution in [0.4, 0.5) is 34.6 Å². The third-order valence-electron chi connectivity index (χ3n) is 7.30. The third-order valence-corrected chi connectivity index (χ3v) is 9.28. The van der Waals surface area contributed by atoms with Gasteiger partial charge in [-0.15, -0.1) is 5.11 Å². The molecule has 18 nitrogen and oxygen atoms in total. The van der Waals surface area contributed by atoms with Crippen LogP contribution in [0.1, 0.15) is 6.92 Å². The van der Waals surface area contributed by atoms with E-state index in [0.29, 0.717) is 31.3 Å². The average Bonchev–Trinajstić information content (AvgIpc) is 3.02. The number of piperazine rings is 1. The third kappa shape index (κ3) is 8.54. The van der Waals surface area contributed by atoms with Gasteiger partial charge in [0.25, 0.3) is 20.2 Å². The molecule has 3 aromatic carbocycles. The number of ether oxygens (including phenoxy) is 1. The number of carbonyl (C=O) groups excluding carboxylic acids is 1. The summed E-state index contributed by atoms with van der Waals surface area (Å²) in [7, 11) is -8.31. The van der Waals surface area contributed by atoms with Gasteiger partial charge in [-0.25, -0.2) is 0 Å². The number of amides is 1. The van der Waals surface area contributed by atoms with Gasteiger partial charge >= 0.3 is 0 Å². The van der Waals surface area contributed by atoms with Crippen molar-refractivity contribution in [3.63, 3.8) is 0 Å². The maximum atomic E-state index is 12.2. The highest BCUT2D eigenvalue weighted by Gasteiger charge is 2.23. The Hall–Kier alpha value is -4.57. The predicted octanol–water partition coefficient (Wildman–Crippen LogP) is 3.38. The van der Waals surface area contributed by atoms with Crippen molar-refractivity contribution < 1.29 is 35.5 Å². The molecule has 0 unspecified atom stereocenters. The monoisotopic (exact) mass is 734 g/mol. The van der Waals surface area contributed by atoms with Gasteiger partial charge in [0, 0.05) is 63.0 Å². The van der Waals surface area contributed by atoms with Gasteiger partial charge in [0.15, 0.2) is 0 Å². The van der Waals surface area contributed by atoms with Crippen molar-refractivity contribution in [3.8, 4) is 5.75 Å². The van der Waals surface area contributed by atoms with Crippen molar-refractivity contribution in [2.24, 2.45) is 16.0 Å². The van der Waals surface area contributed by atoms with Crippen LogP contribution in [0.3, 0.4) is 0 Å². The number of anilines is 4. The van der Waals surface area contributed by atoms with E-state index in [4.69, 9.17) is 22.1 Å². The number of nitrogens with zero attached hydrogens (tertiary/aromatic N) is 7. The largest absolute Gasteiger partial charge is 0.494 e. The van der Waals surface area contributed by atoms with E-state index in [0.717, 1.165) is 31.8 Å². The van der Waals surface area contributed by atoms with E-state index in [9.17, 15) is 30.7 Å². The Balaban J connectivity index is 1.52. The molecular formula is C28H31ClN10O8S2. The minimum absolute atomic E-state index is 0.0406. The van der Waals surface area contributed by atoms with Crippen LogP contribution in [-0.2, 0) is 25.0 Å². The van der Waals surface area contributed by atoms with E-state index < -0.39 is 35.9 Å². The molecule has 260 valence electrons. The zero-order valence-corrected chi connectivity index (χ0v) is 28.4. The normalized spacial score (nSPS) is 14.4. The second-order valence-corrected chi connectivity index (χ2v) is 13.8. The van der Waals surface area contributed by atoms with Crippen molar-refractivity contribution in [2.75, 3.05) is 61.9 Å². The molecule has 1 fully saturated rings. The second kappa shape index (κ2) is 14.5. The standard InChI is InChI=1S/C28H31ClN10O8S2/c1-16(40)31-20-14-22(32-27-33-26(29)34-28(35-27)39-10-8-38(7-6-30)9-11-39)23(47-2)15-21(20)37-36-17-12-19-18(25(13-17)49(44,45)46)4-3-5-24(19)48(41,42)43/h3-5,12-15H,6-11,30H2,1-2H3,(H,31,40)(H,41,42,43)(H,44,45,46)(H,32,33,34,35). The van der Waals surface area contributed by atoms with Gasteiger partial charge in [-0.05, 0) is 35.9 Å². The fraction of sp³-hybridized carbons (Fsp3) is 0.286. The predicted molar refractivity (Wildman–Crippen MR) is 181 cm³/mol. The molecule has 4 aromatic rings. The molecule has 0 aliphatic carbocycles. The van der Waals surface area contributed by atoms with Crippen LogP contribution in [0.15, 0.2) is 62.5 Å². The number of hydrogen-bond donors (Lipinski definition) is 5. The van der Waals surface area contributed by atoms with E-state index >= 15 is 0 Å². The molecule has 49 heavy (non-hydrogen) atoms. The molecule has 5 rings (SSSR count). The van der Waals surface area contributed by atoms with E-state index in [1.54, 1.807) is 0 Å². The van der Waals surface area contributed by atoms with Crippen LogP contribution >= 0.6 is 11.6 Å². The number of halogens is 1. The summed E-state index contributed by atoms with van der Waals surface area (Å²) in [5.41, 5.74) is 5.93. The van der Waals surface area contributed by atoms with Gasteiger partial charge < -0.3 is 26.0 Å². The molecular weight excluding hydrogens is 704 g/mol. The summed E-state index contributed by atoms with van der Waals surface area (Å²) in [6, 6.07) is 8.54. The topological polar surface area (TPSA) is 255 Å². The summed E-state index contributed by atoms with van der Waals surface area (Å²) in [4.78, 5) is 28.0. The van der Waals surface area contributed by atoms with E-state index in [2.05, 4.69) is 40.7 Å². The minimum Gasteiger partial charge on any atom is -0.494 e. The number of nitrogens with one attached hydrogen (secondary N) is 2. The Morgan fingerprint density at radius 1 is 0.959 bits per heavy atom. The van der Waals surface area contributed by atoms with Gasteiger partial charge in [-0.2, -0.15) is 36.9 Å². The highest BCUT2D eigenvalue weighted by molar-refractivity contribution is 7.86.